The molecule has 0 aliphatic rings. The van der Waals surface area contributed by atoms with Crippen LogP contribution < -0.4 is 19.9 Å². The minimum absolute atomic E-state index is 0.0237. The third-order valence-electron chi connectivity index (χ3n) is 4.05. The standard InChI is InChI=1S/C18H19BrN4O4S/c1-26-14-7-6-12(16(8-14)27-2)9-22-28(24,25)17-5-3-4-15(20)18(17)23-11-13(19)10-21-23/h3-8,10-11,22H,9,20H2,1-2H3. The lowest BCUT2D eigenvalue weighted by atomic mass is 10.2. The number of nitrogen functional groups attached to an aromatic ring is 1. The molecule has 0 atom stereocenters. The molecule has 1 aromatic heterocycles. The van der Waals surface area contributed by atoms with Crippen molar-refractivity contribution in [2.75, 3.05) is 20.0 Å². The van der Waals surface area contributed by atoms with Crippen LogP contribution in [0.15, 0.2) is 58.2 Å². The highest BCUT2D eigenvalue weighted by Gasteiger charge is 2.22. The van der Waals surface area contributed by atoms with Gasteiger partial charge in [-0.05, 0) is 34.1 Å². The Morgan fingerprint density at radius 2 is 2.00 bits per heavy atom. The lowest BCUT2D eigenvalue weighted by Gasteiger charge is -2.15. The number of hydrogen-bond acceptors (Lipinski definition) is 6. The highest BCUT2D eigenvalue weighted by molar-refractivity contribution is 9.10. The Bertz CT molecular complexity index is 1100. The predicted molar refractivity (Wildman–Crippen MR) is 109 cm³/mol. The summed E-state index contributed by atoms with van der Waals surface area (Å²) in [6, 6.07) is 9.85. The van der Waals surface area contributed by atoms with Gasteiger partial charge in [0.1, 0.15) is 22.1 Å². The Labute approximate surface area is 171 Å². The fourth-order valence-corrected chi connectivity index (χ4v) is 4.18. The zero-order chi connectivity index (χ0) is 20.3. The molecule has 0 saturated carbocycles. The molecule has 148 valence electrons. The van der Waals surface area contributed by atoms with Crippen molar-refractivity contribution < 1.29 is 17.9 Å². The van der Waals surface area contributed by atoms with Gasteiger partial charge < -0.3 is 15.2 Å². The molecule has 3 rings (SSSR count). The zero-order valence-electron chi connectivity index (χ0n) is 15.2. The average molecular weight is 467 g/mol. The van der Waals surface area contributed by atoms with Crippen molar-refractivity contribution in [3.05, 3.63) is 58.8 Å². The number of nitrogens with zero attached hydrogens (tertiary/aromatic N) is 2. The SMILES string of the molecule is COc1ccc(CNS(=O)(=O)c2cccc(N)c2-n2cc(Br)cn2)c(OC)c1. The van der Waals surface area contributed by atoms with Gasteiger partial charge in [0.2, 0.25) is 10.0 Å². The van der Waals surface area contributed by atoms with Gasteiger partial charge in [-0.2, -0.15) is 5.10 Å². The summed E-state index contributed by atoms with van der Waals surface area (Å²) in [7, 11) is -0.824. The fraction of sp³-hybridized carbons (Fsp3) is 0.167. The van der Waals surface area contributed by atoms with Crippen molar-refractivity contribution in [1.29, 1.82) is 0 Å². The molecule has 28 heavy (non-hydrogen) atoms. The summed E-state index contributed by atoms with van der Waals surface area (Å²) in [4.78, 5) is 0.0237. The maximum atomic E-state index is 13.0. The van der Waals surface area contributed by atoms with Crippen LogP contribution in [0.5, 0.6) is 11.5 Å². The van der Waals surface area contributed by atoms with E-state index in [1.165, 1.54) is 17.9 Å². The summed E-state index contributed by atoms with van der Waals surface area (Å²) >= 11 is 3.30. The summed E-state index contributed by atoms with van der Waals surface area (Å²) in [5.74, 6) is 1.14. The number of sulfonamides is 1. The molecule has 1 heterocycles. The van der Waals surface area contributed by atoms with E-state index in [1.54, 1.807) is 49.8 Å². The van der Waals surface area contributed by atoms with Crippen LogP contribution in [0.1, 0.15) is 5.56 Å². The van der Waals surface area contributed by atoms with Crippen LogP contribution in [0, 0.1) is 0 Å². The van der Waals surface area contributed by atoms with Gasteiger partial charge in [-0.3, -0.25) is 0 Å². The normalized spacial score (nSPS) is 11.4. The van der Waals surface area contributed by atoms with Crippen LogP contribution in [-0.2, 0) is 16.6 Å². The molecule has 3 aromatic rings. The molecule has 0 aliphatic heterocycles. The Morgan fingerprint density at radius 1 is 1.21 bits per heavy atom. The van der Waals surface area contributed by atoms with Crippen molar-refractivity contribution in [2.24, 2.45) is 0 Å². The van der Waals surface area contributed by atoms with E-state index < -0.39 is 10.0 Å². The van der Waals surface area contributed by atoms with Crippen molar-refractivity contribution in [3.8, 4) is 17.2 Å². The number of halogens is 1. The molecule has 3 N–H and O–H groups in total. The van der Waals surface area contributed by atoms with Gasteiger partial charge in [0.05, 0.1) is 30.6 Å². The van der Waals surface area contributed by atoms with Gasteiger partial charge in [-0.15, -0.1) is 0 Å². The molecule has 0 fully saturated rings. The highest BCUT2D eigenvalue weighted by atomic mass is 79.9. The number of benzene rings is 2. The number of rotatable bonds is 7. The number of para-hydroxylation sites is 1. The Hall–Kier alpha value is -2.56. The molecule has 2 aromatic carbocycles. The van der Waals surface area contributed by atoms with E-state index in [0.717, 1.165) is 0 Å². The van der Waals surface area contributed by atoms with Crippen LogP contribution in [0.25, 0.3) is 5.69 Å². The first-order valence-corrected chi connectivity index (χ1v) is 10.4. The van der Waals surface area contributed by atoms with Crippen LogP contribution in [0.3, 0.4) is 0 Å². The highest BCUT2D eigenvalue weighted by Crippen LogP contribution is 2.28. The Balaban J connectivity index is 1.94. The van der Waals surface area contributed by atoms with Crippen LogP contribution in [0.4, 0.5) is 5.69 Å². The zero-order valence-corrected chi connectivity index (χ0v) is 17.6. The first kappa shape index (κ1) is 20.2. The molecule has 0 amide bonds. The third-order valence-corrected chi connectivity index (χ3v) is 5.89. The van der Waals surface area contributed by atoms with Crippen LogP contribution >= 0.6 is 15.9 Å². The second kappa shape index (κ2) is 8.21. The topological polar surface area (TPSA) is 108 Å². The van der Waals surface area contributed by atoms with Gasteiger partial charge in [0, 0.05) is 24.4 Å². The van der Waals surface area contributed by atoms with Gasteiger partial charge in [-0.1, -0.05) is 12.1 Å². The molecule has 0 spiro atoms. The molecule has 10 heteroatoms. The van der Waals surface area contributed by atoms with Crippen molar-refractivity contribution in [2.45, 2.75) is 11.4 Å². The third kappa shape index (κ3) is 4.13. The van der Waals surface area contributed by atoms with E-state index in [9.17, 15) is 8.42 Å². The van der Waals surface area contributed by atoms with Crippen molar-refractivity contribution in [1.82, 2.24) is 14.5 Å². The molecular formula is C18H19BrN4O4S. The number of nitrogens with two attached hydrogens (primary N) is 1. The largest absolute Gasteiger partial charge is 0.497 e. The predicted octanol–water partition coefficient (Wildman–Crippen LogP) is 2.71. The molecule has 8 nitrogen and oxygen atoms in total. The minimum Gasteiger partial charge on any atom is -0.497 e. The quantitative estimate of drug-likeness (QED) is 0.518. The summed E-state index contributed by atoms with van der Waals surface area (Å²) in [5.41, 5.74) is 7.28. The van der Waals surface area contributed by atoms with Gasteiger partial charge >= 0.3 is 0 Å². The van der Waals surface area contributed by atoms with E-state index in [2.05, 4.69) is 25.8 Å². The van der Waals surface area contributed by atoms with Gasteiger partial charge in [0.25, 0.3) is 0 Å². The minimum atomic E-state index is -3.88. The smallest absolute Gasteiger partial charge is 0.243 e. The summed E-state index contributed by atoms with van der Waals surface area (Å²) in [6.07, 6.45) is 3.19. The number of hydrogen-bond donors (Lipinski definition) is 2. The first-order valence-electron chi connectivity index (χ1n) is 8.15. The lowest BCUT2D eigenvalue weighted by Crippen LogP contribution is -2.25. The maximum absolute atomic E-state index is 13.0. The number of nitrogens with one attached hydrogen (secondary N) is 1. The fourth-order valence-electron chi connectivity index (χ4n) is 2.67. The second-order valence-corrected chi connectivity index (χ2v) is 8.45. The number of anilines is 1. The average Bonchev–Trinajstić information content (AvgIpc) is 3.11. The summed E-state index contributed by atoms with van der Waals surface area (Å²) in [5, 5.41) is 4.15. The molecular weight excluding hydrogens is 448 g/mol. The van der Waals surface area contributed by atoms with Gasteiger partial charge in [-0.25, -0.2) is 17.8 Å². The second-order valence-electron chi connectivity index (χ2n) is 5.80. The van der Waals surface area contributed by atoms with E-state index in [0.29, 0.717) is 27.2 Å². The molecule has 0 aliphatic carbocycles. The number of aromatic nitrogens is 2. The molecule has 0 radical (unpaired) electrons. The van der Waals surface area contributed by atoms with Crippen LogP contribution in [-0.4, -0.2) is 32.4 Å². The van der Waals surface area contributed by atoms with Crippen molar-refractivity contribution in [3.63, 3.8) is 0 Å². The summed E-state index contributed by atoms with van der Waals surface area (Å²) < 4.78 is 41.2. The van der Waals surface area contributed by atoms with Crippen LogP contribution in [0.2, 0.25) is 0 Å². The Morgan fingerprint density at radius 3 is 2.64 bits per heavy atom. The maximum Gasteiger partial charge on any atom is 0.243 e. The Kier molecular flexibility index (Phi) is 5.92. The first-order chi connectivity index (χ1) is 13.4. The van der Waals surface area contributed by atoms with E-state index in [4.69, 9.17) is 15.2 Å². The van der Waals surface area contributed by atoms with Crippen molar-refractivity contribution >= 4 is 31.6 Å². The van der Waals surface area contributed by atoms with Gasteiger partial charge in [0.15, 0.2) is 0 Å². The molecule has 0 unspecified atom stereocenters. The number of methoxy groups -OCH3 is 2. The number of ether oxygens (including phenoxy) is 2. The van der Waals surface area contributed by atoms with E-state index >= 15 is 0 Å². The van der Waals surface area contributed by atoms with E-state index in [1.807, 2.05) is 0 Å². The lowest BCUT2D eigenvalue weighted by molar-refractivity contribution is 0.390. The molecule has 0 bridgehead atoms. The van der Waals surface area contributed by atoms with E-state index in [-0.39, 0.29) is 17.1 Å². The molecule has 0 saturated heterocycles. The monoisotopic (exact) mass is 466 g/mol. The summed E-state index contributed by atoms with van der Waals surface area (Å²) in [6.45, 7) is 0.0343.